The fraction of sp³-hybridized carbons (Fsp3) is 0.158. The second kappa shape index (κ2) is 5.98. The molecule has 6 heteroatoms. The standard InChI is InChI=1S/C19H17N3O3/c1-13-8-9-22(20-13)16-5-3-4-14(10-16)19(23)21(2)15-6-7-17-18(11-15)25-12-24-17/h3-11H,12H2,1-2H3. The number of aromatic nitrogens is 2. The van der Waals surface area contributed by atoms with E-state index in [4.69, 9.17) is 9.47 Å². The number of hydrogen-bond donors (Lipinski definition) is 0. The second-order valence-electron chi connectivity index (χ2n) is 5.85. The summed E-state index contributed by atoms with van der Waals surface area (Å²) >= 11 is 0. The Morgan fingerprint density at radius 1 is 1.12 bits per heavy atom. The molecule has 0 saturated carbocycles. The van der Waals surface area contributed by atoms with Gasteiger partial charge in [0.15, 0.2) is 11.5 Å². The number of hydrogen-bond acceptors (Lipinski definition) is 4. The Kier molecular flexibility index (Phi) is 3.65. The topological polar surface area (TPSA) is 56.6 Å². The summed E-state index contributed by atoms with van der Waals surface area (Å²) in [4.78, 5) is 14.5. The van der Waals surface area contributed by atoms with Crippen molar-refractivity contribution in [1.82, 2.24) is 9.78 Å². The van der Waals surface area contributed by atoms with Crippen LogP contribution in [0.5, 0.6) is 11.5 Å². The Balaban J connectivity index is 1.62. The van der Waals surface area contributed by atoms with Crippen LogP contribution in [0.4, 0.5) is 5.69 Å². The molecule has 0 N–H and O–H groups in total. The summed E-state index contributed by atoms with van der Waals surface area (Å²) in [6, 6.07) is 14.8. The maximum absolute atomic E-state index is 12.9. The van der Waals surface area contributed by atoms with Crippen molar-refractivity contribution in [2.45, 2.75) is 6.92 Å². The van der Waals surface area contributed by atoms with Crippen molar-refractivity contribution < 1.29 is 14.3 Å². The Morgan fingerprint density at radius 3 is 2.76 bits per heavy atom. The van der Waals surface area contributed by atoms with E-state index >= 15 is 0 Å². The molecule has 25 heavy (non-hydrogen) atoms. The molecule has 0 unspecified atom stereocenters. The number of amides is 1. The molecule has 0 aliphatic carbocycles. The molecule has 1 aliphatic rings. The zero-order valence-corrected chi connectivity index (χ0v) is 14.0. The fourth-order valence-electron chi connectivity index (χ4n) is 2.75. The Morgan fingerprint density at radius 2 is 1.96 bits per heavy atom. The lowest BCUT2D eigenvalue weighted by atomic mass is 10.1. The molecule has 0 atom stereocenters. The molecule has 1 amide bonds. The van der Waals surface area contributed by atoms with Crippen molar-refractivity contribution in [2.24, 2.45) is 0 Å². The van der Waals surface area contributed by atoms with Crippen LogP contribution in [-0.2, 0) is 0 Å². The van der Waals surface area contributed by atoms with Crippen LogP contribution in [0, 0.1) is 6.92 Å². The summed E-state index contributed by atoms with van der Waals surface area (Å²) in [5, 5.41) is 4.39. The Hall–Kier alpha value is -3.28. The second-order valence-corrected chi connectivity index (χ2v) is 5.85. The number of anilines is 1. The maximum Gasteiger partial charge on any atom is 0.258 e. The van der Waals surface area contributed by atoms with E-state index in [9.17, 15) is 4.79 Å². The summed E-state index contributed by atoms with van der Waals surface area (Å²) in [6.45, 7) is 2.14. The van der Waals surface area contributed by atoms with Crippen molar-refractivity contribution >= 4 is 11.6 Å². The molecular weight excluding hydrogens is 318 g/mol. The lowest BCUT2D eigenvalue weighted by Gasteiger charge is -2.18. The molecule has 0 radical (unpaired) electrons. The molecule has 0 fully saturated rings. The number of carbonyl (C=O) groups excluding carboxylic acids is 1. The van der Waals surface area contributed by atoms with Gasteiger partial charge in [-0.2, -0.15) is 5.10 Å². The van der Waals surface area contributed by atoms with Crippen LogP contribution in [0.1, 0.15) is 16.1 Å². The molecule has 0 bridgehead atoms. The van der Waals surface area contributed by atoms with Gasteiger partial charge in [0.2, 0.25) is 6.79 Å². The van der Waals surface area contributed by atoms with Crippen LogP contribution in [0.15, 0.2) is 54.7 Å². The molecule has 0 saturated heterocycles. The minimum Gasteiger partial charge on any atom is -0.454 e. The van der Waals surface area contributed by atoms with Gasteiger partial charge >= 0.3 is 0 Å². The molecule has 4 rings (SSSR count). The molecule has 2 aromatic carbocycles. The number of rotatable bonds is 3. The van der Waals surface area contributed by atoms with E-state index in [1.165, 1.54) is 0 Å². The van der Waals surface area contributed by atoms with Gasteiger partial charge in [-0.05, 0) is 43.3 Å². The van der Waals surface area contributed by atoms with E-state index in [-0.39, 0.29) is 12.7 Å². The third kappa shape index (κ3) is 2.82. The van der Waals surface area contributed by atoms with Crippen LogP contribution in [0.25, 0.3) is 5.69 Å². The van der Waals surface area contributed by atoms with Gasteiger partial charge in [0, 0.05) is 30.6 Å². The van der Waals surface area contributed by atoms with Crippen LogP contribution in [-0.4, -0.2) is 29.5 Å². The largest absolute Gasteiger partial charge is 0.454 e. The van der Waals surface area contributed by atoms with Gasteiger partial charge in [-0.3, -0.25) is 4.79 Å². The highest BCUT2D eigenvalue weighted by Crippen LogP contribution is 2.35. The smallest absolute Gasteiger partial charge is 0.258 e. The van der Waals surface area contributed by atoms with Gasteiger partial charge in [0.1, 0.15) is 0 Å². The number of aryl methyl sites for hydroxylation is 1. The summed E-state index contributed by atoms with van der Waals surface area (Å²) in [5.41, 5.74) is 3.10. The summed E-state index contributed by atoms with van der Waals surface area (Å²) in [7, 11) is 1.74. The molecule has 1 aliphatic heterocycles. The van der Waals surface area contributed by atoms with E-state index < -0.39 is 0 Å². The van der Waals surface area contributed by atoms with Crippen LogP contribution >= 0.6 is 0 Å². The first kappa shape index (κ1) is 15.3. The minimum atomic E-state index is -0.107. The first-order valence-corrected chi connectivity index (χ1v) is 7.92. The van der Waals surface area contributed by atoms with E-state index in [1.807, 2.05) is 49.5 Å². The summed E-state index contributed by atoms with van der Waals surface area (Å²) in [6.07, 6.45) is 1.88. The molecule has 126 valence electrons. The SMILES string of the molecule is Cc1ccn(-c2cccc(C(=O)N(C)c3ccc4c(c3)OCO4)c2)n1. The molecule has 2 heterocycles. The van der Waals surface area contributed by atoms with Crippen molar-refractivity contribution in [1.29, 1.82) is 0 Å². The molecule has 0 spiro atoms. The van der Waals surface area contributed by atoms with Gasteiger partial charge in [-0.15, -0.1) is 0 Å². The van der Waals surface area contributed by atoms with Gasteiger partial charge in [-0.1, -0.05) is 6.07 Å². The highest BCUT2D eigenvalue weighted by Gasteiger charge is 2.19. The first-order chi connectivity index (χ1) is 12.1. The van der Waals surface area contributed by atoms with Gasteiger partial charge in [-0.25, -0.2) is 4.68 Å². The van der Waals surface area contributed by atoms with Gasteiger partial charge in [0.05, 0.1) is 11.4 Å². The Bertz CT molecular complexity index is 949. The predicted molar refractivity (Wildman–Crippen MR) is 93.6 cm³/mol. The number of nitrogens with zero attached hydrogens (tertiary/aromatic N) is 3. The van der Waals surface area contributed by atoms with E-state index in [1.54, 1.807) is 28.8 Å². The third-order valence-electron chi connectivity index (χ3n) is 4.13. The van der Waals surface area contributed by atoms with E-state index in [0.717, 1.165) is 17.1 Å². The van der Waals surface area contributed by atoms with E-state index in [0.29, 0.717) is 17.1 Å². The van der Waals surface area contributed by atoms with Crippen molar-refractivity contribution in [3.8, 4) is 17.2 Å². The zero-order chi connectivity index (χ0) is 17.4. The van der Waals surface area contributed by atoms with Crippen molar-refractivity contribution in [2.75, 3.05) is 18.7 Å². The highest BCUT2D eigenvalue weighted by atomic mass is 16.7. The number of ether oxygens (including phenoxy) is 2. The average molecular weight is 335 g/mol. The molecular formula is C19H17N3O3. The number of carbonyl (C=O) groups is 1. The Labute approximate surface area is 145 Å². The first-order valence-electron chi connectivity index (χ1n) is 7.92. The highest BCUT2D eigenvalue weighted by molar-refractivity contribution is 6.06. The predicted octanol–water partition coefficient (Wildman–Crippen LogP) is 3.19. The van der Waals surface area contributed by atoms with E-state index in [2.05, 4.69) is 5.10 Å². The minimum absolute atomic E-state index is 0.107. The quantitative estimate of drug-likeness (QED) is 0.738. The van der Waals surface area contributed by atoms with Crippen LogP contribution in [0.2, 0.25) is 0 Å². The summed E-state index contributed by atoms with van der Waals surface area (Å²) in [5.74, 6) is 1.24. The van der Waals surface area contributed by atoms with Gasteiger partial charge in [0.25, 0.3) is 5.91 Å². The summed E-state index contributed by atoms with van der Waals surface area (Å²) < 4.78 is 12.4. The van der Waals surface area contributed by atoms with Crippen molar-refractivity contribution in [3.63, 3.8) is 0 Å². The fourth-order valence-corrected chi connectivity index (χ4v) is 2.75. The van der Waals surface area contributed by atoms with Crippen LogP contribution < -0.4 is 14.4 Å². The lowest BCUT2D eigenvalue weighted by Crippen LogP contribution is -2.26. The van der Waals surface area contributed by atoms with Crippen LogP contribution in [0.3, 0.4) is 0 Å². The third-order valence-corrected chi connectivity index (χ3v) is 4.13. The van der Waals surface area contributed by atoms with Crippen molar-refractivity contribution in [3.05, 3.63) is 66.0 Å². The molecule has 6 nitrogen and oxygen atoms in total. The maximum atomic E-state index is 12.9. The molecule has 1 aromatic heterocycles. The number of benzene rings is 2. The lowest BCUT2D eigenvalue weighted by molar-refractivity contribution is 0.0993. The monoisotopic (exact) mass is 335 g/mol. The number of fused-ring (bicyclic) bond motifs is 1. The normalized spacial score (nSPS) is 12.2. The molecule has 3 aromatic rings. The zero-order valence-electron chi connectivity index (χ0n) is 14.0. The van der Waals surface area contributed by atoms with Gasteiger partial charge < -0.3 is 14.4 Å². The average Bonchev–Trinajstić information content (AvgIpc) is 3.28.